The molecule has 0 saturated heterocycles. The Morgan fingerprint density at radius 2 is 0.931 bits per heavy atom. The molecule has 0 atom stereocenters. The highest BCUT2D eigenvalue weighted by atomic mass is 28.3. The summed E-state index contributed by atoms with van der Waals surface area (Å²) in [5.41, 5.74) is 4.47. The lowest BCUT2D eigenvalue weighted by molar-refractivity contribution is 1.05. The van der Waals surface area contributed by atoms with Crippen molar-refractivity contribution in [1.82, 2.24) is 9.97 Å². The summed E-state index contributed by atoms with van der Waals surface area (Å²) in [6.07, 6.45) is 0. The summed E-state index contributed by atoms with van der Waals surface area (Å²) in [7, 11) is -2.20. The van der Waals surface area contributed by atoms with Crippen molar-refractivity contribution in [2.24, 2.45) is 0 Å². The number of nitrogens with zero attached hydrogens (tertiary/aromatic N) is 2. The molecule has 2 nitrogen and oxygen atoms in total. The van der Waals surface area contributed by atoms with Crippen molar-refractivity contribution in [1.29, 1.82) is 0 Å². The van der Waals surface area contributed by atoms with Crippen LogP contribution in [0, 0.1) is 13.8 Å². The summed E-state index contributed by atoms with van der Waals surface area (Å²) < 4.78 is 0. The Hall–Kier alpha value is -3.04. The molecule has 0 saturated carbocycles. The molecule has 4 rings (SSSR count). The van der Waals surface area contributed by atoms with Gasteiger partial charge in [0.1, 0.15) is 8.07 Å². The molecule has 3 heteroatoms. The first-order valence-electron chi connectivity index (χ1n) is 10.1. The molecule has 4 aromatic rings. The molecule has 0 aliphatic carbocycles. The van der Waals surface area contributed by atoms with Crippen LogP contribution in [0.2, 0.25) is 0 Å². The standard InChI is InChI=1S/C26H26N2Si/c1-21-11-9-13-23(27-21)19-29(25-15-5-3-6-16-25,26-17-7-4-8-18-26)20-24-14-10-12-22(2)28-24/h3-18H,19-20H2,1-2H3. The fourth-order valence-corrected chi connectivity index (χ4v) is 8.73. The van der Waals surface area contributed by atoms with E-state index in [2.05, 4.69) is 111 Å². The van der Waals surface area contributed by atoms with Crippen LogP contribution in [0.25, 0.3) is 0 Å². The maximum Gasteiger partial charge on any atom is 0.129 e. The zero-order valence-electron chi connectivity index (χ0n) is 17.0. The van der Waals surface area contributed by atoms with Crippen molar-refractivity contribution in [2.75, 3.05) is 0 Å². The van der Waals surface area contributed by atoms with Crippen molar-refractivity contribution in [3.63, 3.8) is 0 Å². The largest absolute Gasteiger partial charge is 0.258 e. The molecule has 0 aliphatic rings. The first-order valence-corrected chi connectivity index (χ1v) is 12.5. The second-order valence-electron chi connectivity index (χ2n) is 7.71. The lowest BCUT2D eigenvalue weighted by atomic mass is 10.3. The Kier molecular flexibility index (Phi) is 5.68. The average molecular weight is 395 g/mol. The first-order chi connectivity index (χ1) is 14.2. The first kappa shape index (κ1) is 19.3. The third kappa shape index (κ3) is 4.35. The predicted octanol–water partition coefficient (Wildman–Crippen LogP) is 4.22. The van der Waals surface area contributed by atoms with E-state index >= 15 is 0 Å². The van der Waals surface area contributed by atoms with Crippen molar-refractivity contribution in [2.45, 2.75) is 25.9 Å². The zero-order valence-corrected chi connectivity index (χ0v) is 18.0. The minimum Gasteiger partial charge on any atom is -0.258 e. The normalized spacial score (nSPS) is 11.4. The maximum atomic E-state index is 4.88. The number of aromatic nitrogens is 2. The summed E-state index contributed by atoms with van der Waals surface area (Å²) in [6.45, 7) is 4.14. The molecule has 2 heterocycles. The lowest BCUT2D eigenvalue weighted by Crippen LogP contribution is -2.62. The zero-order chi connectivity index (χ0) is 20.1. The molecule has 2 aromatic heterocycles. The molecule has 0 unspecified atom stereocenters. The SMILES string of the molecule is Cc1cccc(C[Si](Cc2cccc(C)n2)(c2ccccc2)c2ccccc2)n1. The van der Waals surface area contributed by atoms with Crippen LogP contribution in [0.15, 0.2) is 97.1 Å². The van der Waals surface area contributed by atoms with E-state index in [1.165, 1.54) is 10.4 Å². The van der Waals surface area contributed by atoms with Crippen LogP contribution in [0.5, 0.6) is 0 Å². The van der Waals surface area contributed by atoms with Crippen LogP contribution in [0.4, 0.5) is 0 Å². The van der Waals surface area contributed by atoms with Crippen molar-refractivity contribution < 1.29 is 0 Å². The number of hydrogen-bond donors (Lipinski definition) is 0. The molecule has 0 fully saturated rings. The number of aryl methyl sites for hydroxylation is 2. The highest BCUT2D eigenvalue weighted by molar-refractivity contribution is 7.01. The van der Waals surface area contributed by atoms with Gasteiger partial charge in [-0.15, -0.1) is 0 Å². The molecule has 0 radical (unpaired) electrons. The Morgan fingerprint density at radius 1 is 0.517 bits per heavy atom. The fourth-order valence-electron chi connectivity index (χ4n) is 4.17. The van der Waals surface area contributed by atoms with E-state index in [-0.39, 0.29) is 0 Å². The molecular formula is C26H26N2Si. The summed E-state index contributed by atoms with van der Waals surface area (Å²) in [4.78, 5) is 9.77. The lowest BCUT2D eigenvalue weighted by Gasteiger charge is -2.33. The minimum absolute atomic E-state index is 0.957. The van der Waals surface area contributed by atoms with Crippen molar-refractivity contribution in [3.05, 3.63) is 120 Å². The second kappa shape index (κ2) is 8.54. The fraction of sp³-hybridized carbons (Fsp3) is 0.154. The Balaban J connectivity index is 1.91. The van der Waals surface area contributed by atoms with E-state index in [9.17, 15) is 0 Å². The maximum absolute atomic E-state index is 4.88. The van der Waals surface area contributed by atoms with Crippen molar-refractivity contribution >= 4 is 18.4 Å². The molecule has 144 valence electrons. The van der Waals surface area contributed by atoms with Gasteiger partial charge in [-0.05, 0) is 50.2 Å². The van der Waals surface area contributed by atoms with Crippen LogP contribution >= 0.6 is 0 Å². The van der Waals surface area contributed by atoms with Gasteiger partial charge in [-0.3, -0.25) is 9.97 Å². The van der Waals surface area contributed by atoms with E-state index in [1.807, 2.05) is 0 Å². The molecule has 0 spiro atoms. The molecule has 0 aliphatic heterocycles. The summed E-state index contributed by atoms with van der Waals surface area (Å²) in [6, 6.07) is 36.7. The predicted molar refractivity (Wildman–Crippen MR) is 123 cm³/mol. The van der Waals surface area contributed by atoms with Crippen molar-refractivity contribution in [3.8, 4) is 0 Å². The summed E-state index contributed by atoms with van der Waals surface area (Å²) in [5.74, 6) is 0. The van der Waals surface area contributed by atoms with E-state index in [0.717, 1.165) is 34.9 Å². The molecule has 0 amide bonds. The van der Waals surface area contributed by atoms with Gasteiger partial charge in [0.2, 0.25) is 0 Å². The number of hydrogen-bond acceptors (Lipinski definition) is 2. The van der Waals surface area contributed by atoms with Gasteiger partial charge in [0.15, 0.2) is 0 Å². The van der Waals surface area contributed by atoms with E-state index in [0.29, 0.717) is 0 Å². The second-order valence-corrected chi connectivity index (χ2v) is 11.7. The quantitative estimate of drug-likeness (QED) is 0.458. The monoisotopic (exact) mass is 394 g/mol. The molecule has 2 aromatic carbocycles. The van der Waals surface area contributed by atoms with E-state index < -0.39 is 8.07 Å². The van der Waals surface area contributed by atoms with Crippen LogP contribution in [0.3, 0.4) is 0 Å². The van der Waals surface area contributed by atoms with Crippen LogP contribution in [0.1, 0.15) is 22.8 Å². The number of rotatable bonds is 6. The van der Waals surface area contributed by atoms with E-state index in [4.69, 9.17) is 9.97 Å². The Labute approximate surface area is 174 Å². The van der Waals surface area contributed by atoms with Gasteiger partial charge in [-0.2, -0.15) is 0 Å². The molecule has 29 heavy (non-hydrogen) atoms. The van der Waals surface area contributed by atoms with Gasteiger partial charge in [0, 0.05) is 22.8 Å². The summed E-state index contributed by atoms with van der Waals surface area (Å²) >= 11 is 0. The van der Waals surface area contributed by atoms with Gasteiger partial charge < -0.3 is 0 Å². The van der Waals surface area contributed by atoms with Gasteiger partial charge in [-0.25, -0.2) is 0 Å². The molecule has 0 N–H and O–H groups in total. The Bertz CT molecular complexity index is 989. The Morgan fingerprint density at radius 3 is 1.31 bits per heavy atom. The highest BCUT2D eigenvalue weighted by Crippen LogP contribution is 2.18. The number of benzene rings is 2. The highest BCUT2D eigenvalue weighted by Gasteiger charge is 2.38. The molecular weight excluding hydrogens is 368 g/mol. The minimum atomic E-state index is -2.20. The van der Waals surface area contributed by atoms with Crippen LogP contribution in [-0.4, -0.2) is 18.0 Å². The summed E-state index contributed by atoms with van der Waals surface area (Å²) in [5, 5.41) is 2.86. The van der Waals surface area contributed by atoms with E-state index in [1.54, 1.807) is 0 Å². The van der Waals surface area contributed by atoms with Crippen LogP contribution < -0.4 is 10.4 Å². The third-order valence-electron chi connectivity index (χ3n) is 5.51. The third-order valence-corrected chi connectivity index (χ3v) is 10.3. The average Bonchev–Trinajstić information content (AvgIpc) is 2.75. The topological polar surface area (TPSA) is 25.8 Å². The number of pyridine rings is 2. The van der Waals surface area contributed by atoms with Gasteiger partial charge >= 0.3 is 0 Å². The van der Waals surface area contributed by atoms with Gasteiger partial charge in [0.25, 0.3) is 0 Å². The van der Waals surface area contributed by atoms with Crippen LogP contribution in [-0.2, 0) is 12.1 Å². The molecule has 0 bridgehead atoms. The van der Waals surface area contributed by atoms with Gasteiger partial charge in [0.05, 0.1) is 0 Å². The smallest absolute Gasteiger partial charge is 0.129 e. The van der Waals surface area contributed by atoms with Gasteiger partial charge in [-0.1, -0.05) is 83.2 Å².